The van der Waals surface area contributed by atoms with Gasteiger partial charge in [-0.25, -0.2) is 0 Å². The van der Waals surface area contributed by atoms with E-state index in [2.05, 4.69) is 0 Å². The average Bonchev–Trinajstić information content (AvgIpc) is 3.06. The minimum Gasteiger partial charge on any atom is -0.383 e. The molecule has 1 N–H and O–H groups in total. The Kier molecular flexibility index (Phi) is 6.66. The third-order valence-corrected chi connectivity index (χ3v) is 6.11. The van der Waals surface area contributed by atoms with Crippen molar-refractivity contribution in [1.82, 2.24) is 9.13 Å². The van der Waals surface area contributed by atoms with Crippen LogP contribution < -0.4 is 5.62 Å². The molecule has 0 amide bonds. The number of methoxy groups -OCH3 is 1. The van der Waals surface area contributed by atoms with Gasteiger partial charge in [-0.05, 0) is 49.6 Å². The predicted octanol–water partition coefficient (Wildman–Crippen LogP) is 6.04. The lowest BCUT2D eigenvalue weighted by Crippen LogP contribution is -2.31. The zero-order valence-electron chi connectivity index (χ0n) is 19.5. The van der Waals surface area contributed by atoms with Crippen LogP contribution in [0.15, 0.2) is 66.7 Å². The molecule has 0 saturated heterocycles. The number of hydrogen-bond acceptors (Lipinski definition) is 2. The van der Waals surface area contributed by atoms with Crippen molar-refractivity contribution in [2.24, 2.45) is 0 Å². The van der Waals surface area contributed by atoms with Gasteiger partial charge < -0.3 is 13.9 Å². The number of fused-ring (bicyclic) bond motifs is 1. The Labute approximate surface area is 196 Å². The molecule has 0 radical (unpaired) electrons. The van der Waals surface area contributed by atoms with Crippen molar-refractivity contribution in [2.45, 2.75) is 39.0 Å². The molecule has 0 aliphatic carbocycles. The highest BCUT2D eigenvalue weighted by Crippen LogP contribution is 2.32. The fraction of sp³-hybridized carbons (Fsp3) is 0.296. The van der Waals surface area contributed by atoms with Crippen LogP contribution in [0.3, 0.4) is 0 Å². The quantitative estimate of drug-likeness (QED) is 0.354. The van der Waals surface area contributed by atoms with Crippen molar-refractivity contribution in [3.8, 4) is 0 Å². The number of imidazole rings is 1. The topological polar surface area (TPSA) is 42.9 Å². The zero-order chi connectivity index (χ0) is 24.5. The van der Waals surface area contributed by atoms with Crippen molar-refractivity contribution in [3.63, 3.8) is 0 Å². The average molecular weight is 468 g/mol. The Balaban J connectivity index is 1.87. The van der Waals surface area contributed by atoms with Gasteiger partial charge in [-0.2, -0.15) is 13.2 Å². The number of rotatable bonds is 7. The van der Waals surface area contributed by atoms with E-state index in [1.807, 2.05) is 62.4 Å². The normalized spacial score (nSPS) is 12.9. The lowest BCUT2D eigenvalue weighted by Gasteiger charge is -2.19. The van der Waals surface area contributed by atoms with Gasteiger partial charge in [-0.1, -0.05) is 59.7 Å². The SMILES string of the molecule is COCC(Cc1ccc(C)cc1)n1c(=N)n(Cc2ccc(C)cc2)c2cc(C(F)(F)F)ccc21. The molecule has 3 aromatic carbocycles. The van der Waals surface area contributed by atoms with E-state index in [1.165, 1.54) is 6.07 Å². The summed E-state index contributed by atoms with van der Waals surface area (Å²) in [4.78, 5) is 0. The van der Waals surface area contributed by atoms with Crippen LogP contribution >= 0.6 is 0 Å². The van der Waals surface area contributed by atoms with E-state index in [1.54, 1.807) is 16.2 Å². The van der Waals surface area contributed by atoms with E-state index in [9.17, 15) is 13.2 Å². The molecule has 4 nitrogen and oxygen atoms in total. The van der Waals surface area contributed by atoms with Gasteiger partial charge >= 0.3 is 6.18 Å². The third kappa shape index (κ3) is 4.94. The van der Waals surface area contributed by atoms with Gasteiger partial charge in [0.1, 0.15) is 0 Å². The second kappa shape index (κ2) is 9.50. The lowest BCUT2D eigenvalue weighted by atomic mass is 10.0. The van der Waals surface area contributed by atoms with Gasteiger partial charge in [-0.3, -0.25) is 5.41 Å². The van der Waals surface area contributed by atoms with E-state index in [0.29, 0.717) is 30.6 Å². The number of benzene rings is 3. The second-order valence-electron chi connectivity index (χ2n) is 8.77. The summed E-state index contributed by atoms with van der Waals surface area (Å²) in [6, 6.07) is 19.4. The van der Waals surface area contributed by atoms with Gasteiger partial charge in [0.15, 0.2) is 0 Å². The predicted molar refractivity (Wildman–Crippen MR) is 127 cm³/mol. The molecule has 4 rings (SSSR count). The molecular weight excluding hydrogens is 439 g/mol. The summed E-state index contributed by atoms with van der Waals surface area (Å²) in [6.45, 7) is 4.63. The summed E-state index contributed by atoms with van der Waals surface area (Å²) in [7, 11) is 1.60. The molecule has 1 unspecified atom stereocenters. The highest BCUT2D eigenvalue weighted by Gasteiger charge is 2.31. The first-order valence-electron chi connectivity index (χ1n) is 11.1. The van der Waals surface area contributed by atoms with Crippen molar-refractivity contribution in [2.75, 3.05) is 13.7 Å². The van der Waals surface area contributed by atoms with Gasteiger partial charge in [0.2, 0.25) is 5.62 Å². The van der Waals surface area contributed by atoms with E-state index >= 15 is 0 Å². The molecule has 0 bridgehead atoms. The zero-order valence-corrected chi connectivity index (χ0v) is 19.5. The number of ether oxygens (including phenoxy) is 1. The molecule has 34 heavy (non-hydrogen) atoms. The summed E-state index contributed by atoms with van der Waals surface area (Å²) in [6.07, 6.45) is -3.87. The van der Waals surface area contributed by atoms with Crippen LogP contribution in [0.5, 0.6) is 0 Å². The van der Waals surface area contributed by atoms with Gasteiger partial charge in [0, 0.05) is 7.11 Å². The maximum atomic E-state index is 13.5. The minimum absolute atomic E-state index is 0.143. The number of hydrogen-bond donors (Lipinski definition) is 1. The molecule has 1 aromatic heterocycles. The summed E-state index contributed by atoms with van der Waals surface area (Å²) in [5.41, 5.74) is 4.62. The van der Waals surface area contributed by atoms with Crippen LogP contribution in [0.4, 0.5) is 13.2 Å². The number of alkyl halides is 3. The van der Waals surface area contributed by atoms with E-state index in [0.717, 1.165) is 34.4 Å². The van der Waals surface area contributed by atoms with Crippen molar-refractivity contribution in [1.29, 1.82) is 5.41 Å². The Bertz CT molecular complexity index is 1330. The van der Waals surface area contributed by atoms with Crippen LogP contribution in [0.25, 0.3) is 11.0 Å². The first-order chi connectivity index (χ1) is 16.2. The molecule has 1 heterocycles. The second-order valence-corrected chi connectivity index (χ2v) is 8.77. The number of nitrogens with one attached hydrogen (secondary N) is 1. The first kappa shape index (κ1) is 23.8. The van der Waals surface area contributed by atoms with Crippen molar-refractivity contribution >= 4 is 11.0 Å². The van der Waals surface area contributed by atoms with E-state index in [4.69, 9.17) is 10.1 Å². The molecule has 178 valence electrons. The molecule has 1 atom stereocenters. The summed E-state index contributed by atoms with van der Waals surface area (Å²) >= 11 is 0. The first-order valence-corrected chi connectivity index (χ1v) is 11.1. The number of aryl methyl sites for hydroxylation is 2. The van der Waals surface area contributed by atoms with Gasteiger partial charge in [0.25, 0.3) is 0 Å². The van der Waals surface area contributed by atoms with Crippen LogP contribution in [-0.2, 0) is 23.9 Å². The monoisotopic (exact) mass is 467 g/mol. The number of nitrogens with zero attached hydrogens (tertiary/aromatic N) is 2. The summed E-state index contributed by atoms with van der Waals surface area (Å²) in [5, 5.41) is 8.99. The standard InChI is InChI=1S/C27H28F3N3O/c1-18-4-8-20(9-5-18)14-23(17-34-3)33-24-13-12-22(27(28,29)30)15-25(24)32(26(33)31)16-21-10-6-19(2)7-11-21/h4-13,15,23,31H,14,16-17H2,1-3H3. The van der Waals surface area contributed by atoms with Crippen molar-refractivity contribution < 1.29 is 17.9 Å². The Morgan fingerprint density at radius 1 is 0.853 bits per heavy atom. The largest absolute Gasteiger partial charge is 0.416 e. The van der Waals surface area contributed by atoms with Crippen LogP contribution in [0, 0.1) is 19.3 Å². The van der Waals surface area contributed by atoms with Gasteiger partial charge in [-0.15, -0.1) is 0 Å². The highest BCUT2D eigenvalue weighted by molar-refractivity contribution is 5.77. The van der Waals surface area contributed by atoms with Crippen LogP contribution in [-0.4, -0.2) is 22.9 Å². The number of halogens is 3. The van der Waals surface area contributed by atoms with Crippen molar-refractivity contribution in [3.05, 3.63) is 100 Å². The Hall–Kier alpha value is -3.32. The highest BCUT2D eigenvalue weighted by atomic mass is 19.4. The molecule has 0 saturated carbocycles. The molecule has 0 spiro atoms. The minimum atomic E-state index is -4.46. The molecule has 0 aliphatic heterocycles. The van der Waals surface area contributed by atoms with Crippen LogP contribution in [0.1, 0.15) is 33.9 Å². The van der Waals surface area contributed by atoms with E-state index in [-0.39, 0.29) is 11.7 Å². The molecular formula is C27H28F3N3O. The lowest BCUT2D eigenvalue weighted by molar-refractivity contribution is -0.137. The van der Waals surface area contributed by atoms with E-state index < -0.39 is 11.7 Å². The van der Waals surface area contributed by atoms with Crippen LogP contribution in [0.2, 0.25) is 0 Å². The summed E-state index contributed by atoms with van der Waals surface area (Å²) in [5.74, 6) is 0. The maximum Gasteiger partial charge on any atom is 0.416 e. The maximum absolute atomic E-state index is 13.5. The Morgan fingerprint density at radius 2 is 1.44 bits per heavy atom. The third-order valence-electron chi connectivity index (χ3n) is 6.11. The fourth-order valence-electron chi connectivity index (χ4n) is 4.30. The Morgan fingerprint density at radius 3 is 2.00 bits per heavy atom. The number of aromatic nitrogens is 2. The van der Waals surface area contributed by atoms with Gasteiger partial charge in [0.05, 0.1) is 35.8 Å². The smallest absolute Gasteiger partial charge is 0.383 e. The fourth-order valence-corrected chi connectivity index (χ4v) is 4.30. The molecule has 0 aliphatic rings. The molecule has 0 fully saturated rings. The summed E-state index contributed by atoms with van der Waals surface area (Å²) < 4.78 is 49.6. The molecule has 4 aromatic rings. The molecule has 7 heteroatoms.